The van der Waals surface area contributed by atoms with Crippen LogP contribution in [0.15, 0.2) is 16.6 Å². The van der Waals surface area contributed by atoms with E-state index in [1.165, 1.54) is 0 Å². The minimum Gasteiger partial charge on any atom is -0.466 e. The van der Waals surface area contributed by atoms with Gasteiger partial charge in [-0.2, -0.15) is 0 Å². The van der Waals surface area contributed by atoms with E-state index >= 15 is 0 Å². The van der Waals surface area contributed by atoms with E-state index in [1.54, 1.807) is 0 Å². The van der Waals surface area contributed by atoms with Crippen LogP contribution in [0, 0.1) is 11.6 Å². The second-order valence-corrected chi connectivity index (χ2v) is 5.14. The molecule has 116 valence electrons. The Hall–Kier alpha value is -1.50. The summed E-state index contributed by atoms with van der Waals surface area (Å²) in [6.07, 6.45) is 0.380. The molecule has 0 atom stereocenters. The van der Waals surface area contributed by atoms with Crippen LogP contribution in [0.3, 0.4) is 0 Å². The standard InChI is InChI=1S/C14H15BrF2O4/c1-2-5-20-13(18)3-4-14(19)21-8-10-11(16)6-9(15)7-12(10)17/h6-7H,2-5,8H2,1H3. The van der Waals surface area contributed by atoms with Crippen LogP contribution in [0.2, 0.25) is 0 Å². The molecule has 4 nitrogen and oxygen atoms in total. The molecule has 0 heterocycles. The number of ether oxygens (including phenoxy) is 2. The summed E-state index contributed by atoms with van der Waals surface area (Å²) in [5.41, 5.74) is -0.333. The maximum Gasteiger partial charge on any atom is 0.306 e. The molecule has 0 N–H and O–H groups in total. The Balaban J connectivity index is 2.42. The summed E-state index contributed by atoms with van der Waals surface area (Å²) in [6.45, 7) is 1.62. The Labute approximate surface area is 129 Å². The first-order valence-corrected chi connectivity index (χ1v) is 7.18. The van der Waals surface area contributed by atoms with Crippen LogP contribution in [0.1, 0.15) is 31.7 Å². The quantitative estimate of drug-likeness (QED) is 0.694. The van der Waals surface area contributed by atoms with Crippen LogP contribution in [-0.4, -0.2) is 18.5 Å². The molecular weight excluding hydrogens is 350 g/mol. The van der Waals surface area contributed by atoms with Gasteiger partial charge in [-0.25, -0.2) is 8.78 Å². The van der Waals surface area contributed by atoms with Crippen molar-refractivity contribution in [2.24, 2.45) is 0 Å². The number of rotatable bonds is 7. The van der Waals surface area contributed by atoms with Gasteiger partial charge in [0, 0.05) is 4.47 Å². The summed E-state index contributed by atoms with van der Waals surface area (Å²) in [5, 5.41) is 0. The molecule has 21 heavy (non-hydrogen) atoms. The van der Waals surface area contributed by atoms with Gasteiger partial charge in [-0.15, -0.1) is 0 Å². The van der Waals surface area contributed by atoms with Gasteiger partial charge in [0.05, 0.1) is 25.0 Å². The van der Waals surface area contributed by atoms with Crippen molar-refractivity contribution < 1.29 is 27.8 Å². The Morgan fingerprint density at radius 3 is 2.14 bits per heavy atom. The molecule has 0 radical (unpaired) electrons. The fraction of sp³-hybridized carbons (Fsp3) is 0.429. The maximum atomic E-state index is 13.5. The monoisotopic (exact) mass is 364 g/mol. The molecular formula is C14H15BrF2O4. The molecule has 1 aromatic rings. The minimum atomic E-state index is -0.808. The molecule has 0 aromatic heterocycles. The fourth-order valence-corrected chi connectivity index (χ4v) is 1.83. The molecule has 0 aliphatic carbocycles. The Bertz CT molecular complexity index is 497. The van der Waals surface area contributed by atoms with Crippen molar-refractivity contribution in [2.45, 2.75) is 32.8 Å². The van der Waals surface area contributed by atoms with Gasteiger partial charge in [0.1, 0.15) is 18.2 Å². The number of esters is 2. The Morgan fingerprint density at radius 2 is 1.62 bits per heavy atom. The zero-order chi connectivity index (χ0) is 15.8. The third kappa shape index (κ3) is 6.20. The lowest BCUT2D eigenvalue weighted by Crippen LogP contribution is -2.11. The van der Waals surface area contributed by atoms with Gasteiger partial charge in [0.2, 0.25) is 0 Å². The highest BCUT2D eigenvalue weighted by molar-refractivity contribution is 9.10. The van der Waals surface area contributed by atoms with Crippen molar-refractivity contribution in [3.05, 3.63) is 33.8 Å². The largest absolute Gasteiger partial charge is 0.466 e. The second kappa shape index (κ2) is 8.71. The molecule has 0 unspecified atom stereocenters. The molecule has 0 amide bonds. The highest BCUT2D eigenvalue weighted by atomic mass is 79.9. The van der Waals surface area contributed by atoms with Crippen LogP contribution in [0.25, 0.3) is 0 Å². The van der Waals surface area contributed by atoms with Crippen LogP contribution < -0.4 is 0 Å². The summed E-state index contributed by atoms with van der Waals surface area (Å²) >= 11 is 2.95. The van der Waals surface area contributed by atoms with Gasteiger partial charge in [-0.3, -0.25) is 9.59 Å². The summed E-state index contributed by atoms with van der Waals surface area (Å²) in [4.78, 5) is 22.6. The van der Waals surface area contributed by atoms with Crippen LogP contribution in [0.5, 0.6) is 0 Å². The normalized spacial score (nSPS) is 10.3. The number of carbonyl (C=O) groups is 2. The van der Waals surface area contributed by atoms with Crippen molar-refractivity contribution in [3.8, 4) is 0 Å². The minimum absolute atomic E-state index is 0.121. The average molecular weight is 365 g/mol. The Morgan fingerprint density at radius 1 is 1.10 bits per heavy atom. The molecule has 0 fully saturated rings. The van der Waals surface area contributed by atoms with Crippen molar-refractivity contribution in [1.82, 2.24) is 0 Å². The summed E-state index contributed by atoms with van der Waals surface area (Å²) in [6, 6.07) is 2.16. The van der Waals surface area contributed by atoms with Crippen LogP contribution >= 0.6 is 15.9 Å². The molecule has 1 aromatic carbocycles. The molecule has 0 saturated heterocycles. The van der Waals surface area contributed by atoms with Crippen molar-refractivity contribution in [1.29, 1.82) is 0 Å². The predicted octanol–water partition coefficient (Wildman–Crippen LogP) is 3.50. The van der Waals surface area contributed by atoms with Gasteiger partial charge in [0.15, 0.2) is 0 Å². The summed E-state index contributed by atoms with van der Waals surface area (Å²) in [5.74, 6) is -2.84. The van der Waals surface area contributed by atoms with E-state index in [1.807, 2.05) is 6.92 Å². The van der Waals surface area contributed by atoms with Crippen LogP contribution in [-0.2, 0) is 25.7 Å². The molecule has 0 spiro atoms. The highest BCUT2D eigenvalue weighted by Gasteiger charge is 2.14. The number of carbonyl (C=O) groups excluding carboxylic acids is 2. The van der Waals surface area contributed by atoms with Crippen molar-refractivity contribution in [3.63, 3.8) is 0 Å². The topological polar surface area (TPSA) is 52.6 Å². The van der Waals surface area contributed by atoms with Gasteiger partial charge in [-0.1, -0.05) is 22.9 Å². The molecule has 0 aliphatic rings. The van der Waals surface area contributed by atoms with E-state index in [0.29, 0.717) is 13.0 Å². The van der Waals surface area contributed by atoms with Gasteiger partial charge < -0.3 is 9.47 Å². The molecule has 7 heteroatoms. The number of hydrogen-bond acceptors (Lipinski definition) is 4. The summed E-state index contributed by atoms with van der Waals surface area (Å²) in [7, 11) is 0. The number of benzene rings is 1. The zero-order valence-electron chi connectivity index (χ0n) is 11.5. The van der Waals surface area contributed by atoms with Gasteiger partial charge in [0.25, 0.3) is 0 Å². The lowest BCUT2D eigenvalue weighted by molar-refractivity contribution is -0.151. The first-order chi connectivity index (χ1) is 9.93. The zero-order valence-corrected chi connectivity index (χ0v) is 13.0. The van der Waals surface area contributed by atoms with E-state index < -0.39 is 30.2 Å². The Kier molecular flexibility index (Phi) is 7.28. The predicted molar refractivity (Wildman–Crippen MR) is 74.3 cm³/mol. The first-order valence-electron chi connectivity index (χ1n) is 6.38. The third-order valence-electron chi connectivity index (χ3n) is 2.48. The lowest BCUT2D eigenvalue weighted by atomic mass is 10.2. The number of halogens is 3. The van der Waals surface area contributed by atoms with E-state index in [0.717, 1.165) is 12.1 Å². The molecule has 0 aliphatic heterocycles. The molecule has 0 saturated carbocycles. The third-order valence-corrected chi connectivity index (χ3v) is 2.94. The lowest BCUT2D eigenvalue weighted by Gasteiger charge is -2.07. The van der Waals surface area contributed by atoms with Crippen molar-refractivity contribution >= 4 is 27.9 Å². The van der Waals surface area contributed by atoms with Crippen molar-refractivity contribution in [2.75, 3.05) is 6.61 Å². The van der Waals surface area contributed by atoms with E-state index in [-0.39, 0.29) is 22.9 Å². The second-order valence-electron chi connectivity index (χ2n) is 4.23. The summed E-state index contributed by atoms with van der Waals surface area (Å²) < 4.78 is 36.7. The van der Waals surface area contributed by atoms with Gasteiger partial charge >= 0.3 is 11.9 Å². The van der Waals surface area contributed by atoms with E-state index in [9.17, 15) is 18.4 Å². The van der Waals surface area contributed by atoms with E-state index in [2.05, 4.69) is 15.9 Å². The molecule has 1 rings (SSSR count). The molecule has 0 bridgehead atoms. The van der Waals surface area contributed by atoms with Gasteiger partial charge in [-0.05, 0) is 18.6 Å². The number of hydrogen-bond donors (Lipinski definition) is 0. The highest BCUT2D eigenvalue weighted by Crippen LogP contribution is 2.20. The maximum absolute atomic E-state index is 13.5. The smallest absolute Gasteiger partial charge is 0.306 e. The van der Waals surface area contributed by atoms with E-state index in [4.69, 9.17) is 9.47 Å². The first kappa shape index (κ1) is 17.6. The fourth-order valence-electron chi connectivity index (χ4n) is 1.43. The SMILES string of the molecule is CCCOC(=O)CCC(=O)OCc1c(F)cc(Br)cc1F. The average Bonchev–Trinajstić information content (AvgIpc) is 2.41. The van der Waals surface area contributed by atoms with Crippen LogP contribution in [0.4, 0.5) is 8.78 Å².